The van der Waals surface area contributed by atoms with Gasteiger partial charge in [-0.2, -0.15) is 0 Å². The fourth-order valence-corrected chi connectivity index (χ4v) is 4.73. The van der Waals surface area contributed by atoms with Crippen molar-refractivity contribution in [3.05, 3.63) is 59.4 Å². The first-order chi connectivity index (χ1) is 17.3. The smallest absolute Gasteiger partial charge is 0.410 e. The Kier molecular flexibility index (Phi) is 8.07. The number of nitrogens with one attached hydrogen (secondary N) is 2. The topological polar surface area (TPSA) is 91.0 Å². The summed E-state index contributed by atoms with van der Waals surface area (Å²) in [6.07, 6.45) is 4.13. The van der Waals surface area contributed by atoms with Crippen LogP contribution in [-0.4, -0.2) is 54.6 Å². The average Bonchev–Trinajstić information content (AvgIpc) is 2.86. The number of halogens is 1. The third-order valence-corrected chi connectivity index (χ3v) is 6.88. The van der Waals surface area contributed by atoms with Crippen LogP contribution in [0.3, 0.4) is 0 Å². The predicted molar refractivity (Wildman–Crippen MR) is 135 cm³/mol. The number of ether oxygens (including phenoxy) is 1. The molecule has 4 rings (SSSR count). The van der Waals surface area contributed by atoms with E-state index >= 15 is 0 Å². The lowest BCUT2D eigenvalue weighted by Gasteiger charge is -2.32. The Balaban J connectivity index is 1.25. The molecule has 36 heavy (non-hydrogen) atoms. The SMILES string of the molecule is CN(C)C(=O)C[C@H]1CC[C@H](OC(=O)N2CCc3cc(NC(=O)Nc4ccccc4F)ccc3C2)CC1. The summed E-state index contributed by atoms with van der Waals surface area (Å²) in [7, 11) is 3.55. The zero-order chi connectivity index (χ0) is 25.7. The van der Waals surface area contributed by atoms with Crippen LogP contribution in [0.25, 0.3) is 0 Å². The highest BCUT2D eigenvalue weighted by Crippen LogP contribution is 2.30. The van der Waals surface area contributed by atoms with Crippen molar-refractivity contribution in [3.63, 3.8) is 0 Å². The molecular weight excluding hydrogens is 463 g/mol. The average molecular weight is 497 g/mol. The predicted octanol–water partition coefficient (Wildman–Crippen LogP) is 5.00. The third kappa shape index (κ3) is 6.53. The summed E-state index contributed by atoms with van der Waals surface area (Å²) in [5.74, 6) is -0.00244. The monoisotopic (exact) mass is 496 g/mol. The maximum absolute atomic E-state index is 13.8. The molecule has 1 aliphatic carbocycles. The van der Waals surface area contributed by atoms with Crippen LogP contribution in [0.15, 0.2) is 42.5 Å². The molecule has 2 N–H and O–H groups in total. The molecule has 1 fully saturated rings. The zero-order valence-electron chi connectivity index (χ0n) is 20.8. The van der Waals surface area contributed by atoms with Gasteiger partial charge in [0.1, 0.15) is 11.9 Å². The van der Waals surface area contributed by atoms with Crippen molar-refractivity contribution in [1.29, 1.82) is 0 Å². The van der Waals surface area contributed by atoms with Gasteiger partial charge < -0.3 is 25.2 Å². The number of nitrogens with zero attached hydrogens (tertiary/aromatic N) is 2. The molecule has 0 bridgehead atoms. The van der Waals surface area contributed by atoms with Crippen molar-refractivity contribution in [3.8, 4) is 0 Å². The molecule has 2 aromatic carbocycles. The van der Waals surface area contributed by atoms with Crippen LogP contribution in [0.2, 0.25) is 0 Å². The molecule has 0 aromatic heterocycles. The molecule has 192 valence electrons. The molecule has 8 nitrogen and oxygen atoms in total. The summed E-state index contributed by atoms with van der Waals surface area (Å²) in [6, 6.07) is 11.0. The number of hydrogen-bond donors (Lipinski definition) is 2. The van der Waals surface area contributed by atoms with Crippen LogP contribution in [0.1, 0.15) is 43.2 Å². The second-order valence-corrected chi connectivity index (χ2v) is 9.73. The summed E-state index contributed by atoms with van der Waals surface area (Å²) < 4.78 is 19.5. The van der Waals surface area contributed by atoms with Gasteiger partial charge in [0, 0.05) is 39.3 Å². The summed E-state index contributed by atoms with van der Waals surface area (Å²) in [5.41, 5.74) is 2.76. The van der Waals surface area contributed by atoms with E-state index < -0.39 is 11.8 Å². The van der Waals surface area contributed by atoms with Crippen LogP contribution in [0.5, 0.6) is 0 Å². The van der Waals surface area contributed by atoms with Crippen LogP contribution in [0, 0.1) is 11.7 Å². The normalized spacial score (nSPS) is 19.1. The molecule has 0 unspecified atom stereocenters. The van der Waals surface area contributed by atoms with E-state index in [1.165, 1.54) is 12.1 Å². The van der Waals surface area contributed by atoms with Crippen molar-refractivity contribution in [1.82, 2.24) is 9.80 Å². The molecule has 1 heterocycles. The number of amides is 4. The van der Waals surface area contributed by atoms with E-state index in [1.54, 1.807) is 42.1 Å². The molecule has 9 heteroatoms. The molecular formula is C27H33FN4O4. The molecule has 4 amide bonds. The second kappa shape index (κ2) is 11.4. The highest BCUT2D eigenvalue weighted by molar-refractivity contribution is 5.99. The number of benzene rings is 2. The van der Waals surface area contributed by atoms with E-state index in [9.17, 15) is 18.8 Å². The Morgan fingerprint density at radius 3 is 2.50 bits per heavy atom. The first-order valence-corrected chi connectivity index (χ1v) is 12.4. The fourth-order valence-electron chi connectivity index (χ4n) is 4.73. The Morgan fingerprint density at radius 2 is 1.78 bits per heavy atom. The largest absolute Gasteiger partial charge is 0.446 e. The number of fused-ring (bicyclic) bond motifs is 1. The maximum Gasteiger partial charge on any atom is 0.410 e. The fraction of sp³-hybridized carbons (Fsp3) is 0.444. The lowest BCUT2D eigenvalue weighted by molar-refractivity contribution is -0.130. The highest BCUT2D eigenvalue weighted by Gasteiger charge is 2.29. The van der Waals surface area contributed by atoms with E-state index in [4.69, 9.17) is 4.74 Å². The summed E-state index contributed by atoms with van der Waals surface area (Å²) in [6.45, 7) is 0.978. The van der Waals surface area contributed by atoms with Crippen molar-refractivity contribution in [2.75, 3.05) is 31.3 Å². The van der Waals surface area contributed by atoms with E-state index in [2.05, 4.69) is 10.6 Å². The maximum atomic E-state index is 13.8. The van der Waals surface area contributed by atoms with Crippen molar-refractivity contribution < 1.29 is 23.5 Å². The quantitative estimate of drug-likeness (QED) is 0.609. The van der Waals surface area contributed by atoms with Crippen molar-refractivity contribution in [2.24, 2.45) is 5.92 Å². The van der Waals surface area contributed by atoms with Crippen LogP contribution in [0.4, 0.5) is 25.4 Å². The van der Waals surface area contributed by atoms with Gasteiger partial charge in [-0.15, -0.1) is 0 Å². The lowest BCUT2D eigenvalue weighted by Crippen LogP contribution is -2.39. The molecule has 1 aliphatic heterocycles. The number of anilines is 2. The van der Waals surface area contributed by atoms with Gasteiger partial charge in [0.15, 0.2) is 0 Å². The minimum Gasteiger partial charge on any atom is -0.446 e. The number of para-hydroxylation sites is 1. The molecule has 0 spiro atoms. The number of urea groups is 1. The molecule has 0 radical (unpaired) electrons. The Hall–Kier alpha value is -3.62. The molecule has 0 atom stereocenters. The lowest BCUT2D eigenvalue weighted by atomic mass is 9.85. The summed E-state index contributed by atoms with van der Waals surface area (Å²) >= 11 is 0. The minimum absolute atomic E-state index is 0.107. The Bertz CT molecular complexity index is 1110. The van der Waals surface area contributed by atoms with E-state index in [0.717, 1.165) is 36.8 Å². The number of carbonyl (C=O) groups is 3. The van der Waals surface area contributed by atoms with Gasteiger partial charge in [-0.1, -0.05) is 18.2 Å². The van der Waals surface area contributed by atoms with Crippen LogP contribution >= 0.6 is 0 Å². The number of rotatable bonds is 5. The van der Waals surface area contributed by atoms with E-state index in [0.29, 0.717) is 37.5 Å². The van der Waals surface area contributed by atoms with E-state index in [1.807, 2.05) is 12.1 Å². The van der Waals surface area contributed by atoms with Crippen LogP contribution in [-0.2, 0) is 22.5 Å². The highest BCUT2D eigenvalue weighted by atomic mass is 19.1. The van der Waals surface area contributed by atoms with Crippen molar-refractivity contribution in [2.45, 2.75) is 51.2 Å². The third-order valence-electron chi connectivity index (χ3n) is 6.88. The van der Waals surface area contributed by atoms with Gasteiger partial charge in [0.2, 0.25) is 5.91 Å². The van der Waals surface area contributed by atoms with Crippen LogP contribution < -0.4 is 10.6 Å². The summed E-state index contributed by atoms with van der Waals surface area (Å²) in [5, 5.41) is 5.23. The van der Waals surface area contributed by atoms with Gasteiger partial charge in [0.25, 0.3) is 0 Å². The second-order valence-electron chi connectivity index (χ2n) is 9.73. The molecule has 2 aliphatic rings. The number of carbonyl (C=O) groups excluding carboxylic acids is 3. The molecule has 0 saturated heterocycles. The van der Waals surface area contributed by atoms with Gasteiger partial charge >= 0.3 is 12.1 Å². The van der Waals surface area contributed by atoms with Gasteiger partial charge in [0.05, 0.1) is 5.69 Å². The number of hydrogen-bond acceptors (Lipinski definition) is 4. The Labute approximate surface area is 210 Å². The van der Waals surface area contributed by atoms with Gasteiger partial charge in [-0.3, -0.25) is 4.79 Å². The first-order valence-electron chi connectivity index (χ1n) is 12.4. The van der Waals surface area contributed by atoms with Gasteiger partial charge in [-0.05, 0) is 73.4 Å². The Morgan fingerprint density at radius 1 is 1.03 bits per heavy atom. The first kappa shape index (κ1) is 25.5. The molecule has 2 aromatic rings. The van der Waals surface area contributed by atoms with Crippen molar-refractivity contribution >= 4 is 29.4 Å². The van der Waals surface area contributed by atoms with Gasteiger partial charge in [-0.25, -0.2) is 14.0 Å². The zero-order valence-corrected chi connectivity index (χ0v) is 20.8. The van der Waals surface area contributed by atoms with E-state index in [-0.39, 0.29) is 23.8 Å². The standard InChI is InChI=1S/C27H33FN4O4/c1-31(2)25(33)15-18-7-11-22(12-8-18)36-27(35)32-14-13-19-16-21(10-9-20(19)17-32)29-26(34)30-24-6-4-3-5-23(24)28/h3-6,9-10,16,18,22H,7-8,11-15,17H2,1-2H3,(H2,29,30,34)/t18-,22-. The minimum atomic E-state index is -0.526. The molecule has 1 saturated carbocycles. The summed E-state index contributed by atoms with van der Waals surface area (Å²) in [4.78, 5) is 40.3.